The van der Waals surface area contributed by atoms with Crippen LogP contribution in [0.1, 0.15) is 26.5 Å². The number of carbonyl (C=O) groups excluding carboxylic acids is 1. The lowest BCUT2D eigenvalue weighted by Gasteiger charge is -2.19. The first-order chi connectivity index (χ1) is 9.24. The van der Waals surface area contributed by atoms with Crippen molar-refractivity contribution >= 4 is 22.4 Å². The van der Waals surface area contributed by atoms with Gasteiger partial charge in [-0.3, -0.25) is 10.1 Å². The van der Waals surface area contributed by atoms with Gasteiger partial charge in [0.1, 0.15) is 5.01 Å². The third kappa shape index (κ3) is 2.50. The van der Waals surface area contributed by atoms with Crippen LogP contribution in [0.4, 0.5) is 5.13 Å². The van der Waals surface area contributed by atoms with Crippen LogP contribution < -0.4 is 10.6 Å². The highest BCUT2D eigenvalue weighted by atomic mass is 32.1. The topological polar surface area (TPSA) is 66.9 Å². The summed E-state index contributed by atoms with van der Waals surface area (Å²) in [6.45, 7) is 3.57. The molecule has 0 saturated carbocycles. The van der Waals surface area contributed by atoms with E-state index in [1.54, 1.807) is 0 Å². The smallest absolute Gasteiger partial charge is 0.257 e. The molecular weight excluding hydrogens is 260 g/mol. The Morgan fingerprint density at radius 2 is 2.32 bits per heavy atom. The molecule has 2 N–H and O–H groups in total. The maximum absolute atomic E-state index is 12.3. The van der Waals surface area contributed by atoms with Crippen molar-refractivity contribution < 1.29 is 4.79 Å². The van der Waals surface area contributed by atoms with Crippen molar-refractivity contribution in [2.24, 2.45) is 0 Å². The Bertz CT molecular complexity index is 623. The lowest BCUT2D eigenvalue weighted by atomic mass is 9.95. The molecule has 19 heavy (non-hydrogen) atoms. The second kappa shape index (κ2) is 5.07. The van der Waals surface area contributed by atoms with Crippen LogP contribution in [-0.4, -0.2) is 22.6 Å². The summed E-state index contributed by atoms with van der Waals surface area (Å²) in [7, 11) is 0. The molecule has 0 atom stereocenters. The van der Waals surface area contributed by atoms with E-state index >= 15 is 0 Å². The van der Waals surface area contributed by atoms with Crippen LogP contribution in [0.3, 0.4) is 0 Å². The zero-order valence-corrected chi connectivity index (χ0v) is 11.4. The predicted octanol–water partition coefficient (Wildman–Crippen LogP) is 1.74. The second-order valence-corrected chi connectivity index (χ2v) is 5.63. The van der Waals surface area contributed by atoms with Crippen LogP contribution in [0.5, 0.6) is 0 Å². The van der Waals surface area contributed by atoms with Gasteiger partial charge >= 0.3 is 0 Å². The number of nitrogens with one attached hydrogen (secondary N) is 2. The molecule has 1 aromatic heterocycles. The van der Waals surface area contributed by atoms with Gasteiger partial charge in [-0.05, 0) is 37.1 Å². The fraction of sp³-hybridized carbons (Fsp3) is 0.308. The van der Waals surface area contributed by atoms with Crippen molar-refractivity contribution in [3.05, 3.63) is 39.9 Å². The number of aryl methyl sites for hydroxylation is 1. The Labute approximate surface area is 115 Å². The summed E-state index contributed by atoms with van der Waals surface area (Å²) in [6, 6.07) is 5.88. The summed E-state index contributed by atoms with van der Waals surface area (Å²) in [5.74, 6) is -0.114. The van der Waals surface area contributed by atoms with E-state index < -0.39 is 0 Å². The molecule has 0 aliphatic carbocycles. The predicted molar refractivity (Wildman–Crippen MR) is 74.5 cm³/mol. The van der Waals surface area contributed by atoms with E-state index in [4.69, 9.17) is 0 Å². The van der Waals surface area contributed by atoms with Gasteiger partial charge in [0.05, 0.1) is 0 Å². The average Bonchev–Trinajstić information content (AvgIpc) is 2.83. The van der Waals surface area contributed by atoms with Crippen molar-refractivity contribution in [2.45, 2.75) is 19.9 Å². The highest BCUT2D eigenvalue weighted by Crippen LogP contribution is 2.21. The Balaban J connectivity index is 1.87. The number of nitrogens with zero attached hydrogens (tertiary/aromatic N) is 2. The van der Waals surface area contributed by atoms with Crippen LogP contribution in [0.15, 0.2) is 18.2 Å². The van der Waals surface area contributed by atoms with Crippen LogP contribution in [0.2, 0.25) is 0 Å². The van der Waals surface area contributed by atoms with Gasteiger partial charge in [-0.2, -0.15) is 0 Å². The molecule has 0 radical (unpaired) electrons. The van der Waals surface area contributed by atoms with E-state index in [2.05, 4.69) is 26.9 Å². The molecule has 1 aliphatic heterocycles. The van der Waals surface area contributed by atoms with Crippen molar-refractivity contribution in [2.75, 3.05) is 11.9 Å². The van der Waals surface area contributed by atoms with Gasteiger partial charge in [0.2, 0.25) is 5.13 Å². The van der Waals surface area contributed by atoms with Gasteiger partial charge in [0.15, 0.2) is 0 Å². The molecule has 0 saturated heterocycles. The highest BCUT2D eigenvalue weighted by Gasteiger charge is 2.18. The number of aromatic nitrogens is 2. The van der Waals surface area contributed by atoms with Crippen molar-refractivity contribution in [3.8, 4) is 0 Å². The lowest BCUT2D eigenvalue weighted by Crippen LogP contribution is -2.27. The minimum absolute atomic E-state index is 0.114. The summed E-state index contributed by atoms with van der Waals surface area (Å²) < 4.78 is 0. The Morgan fingerprint density at radius 1 is 1.42 bits per heavy atom. The second-order valence-electron chi connectivity index (χ2n) is 4.45. The number of hydrogen-bond acceptors (Lipinski definition) is 5. The summed E-state index contributed by atoms with van der Waals surface area (Å²) in [4.78, 5) is 12.3. The first-order valence-corrected chi connectivity index (χ1v) is 6.98. The maximum atomic E-state index is 12.3. The standard InChI is InChI=1S/C13H14N4OS/c1-8-16-17-13(19-8)15-12(18)10-4-2-3-9-5-6-14-7-11(9)10/h2-4,14H,5-7H2,1H3,(H,15,17,18). The number of rotatable bonds is 2. The molecule has 1 aromatic carbocycles. The Hall–Kier alpha value is -1.79. The first-order valence-electron chi connectivity index (χ1n) is 6.17. The molecule has 2 aromatic rings. The number of hydrogen-bond donors (Lipinski definition) is 2. The van der Waals surface area contributed by atoms with Crippen molar-refractivity contribution in [1.29, 1.82) is 0 Å². The zero-order valence-electron chi connectivity index (χ0n) is 10.6. The number of amides is 1. The summed E-state index contributed by atoms with van der Waals surface area (Å²) in [5.41, 5.74) is 3.06. The quantitative estimate of drug-likeness (QED) is 0.875. The van der Waals surface area contributed by atoms with E-state index in [0.29, 0.717) is 5.13 Å². The molecular formula is C13H14N4OS. The minimum Gasteiger partial charge on any atom is -0.312 e. The van der Waals surface area contributed by atoms with Crippen molar-refractivity contribution in [3.63, 3.8) is 0 Å². The fourth-order valence-corrected chi connectivity index (χ4v) is 2.83. The minimum atomic E-state index is -0.114. The lowest BCUT2D eigenvalue weighted by molar-refractivity contribution is 0.102. The number of carbonyl (C=O) groups is 1. The molecule has 0 spiro atoms. The highest BCUT2D eigenvalue weighted by molar-refractivity contribution is 7.15. The third-order valence-electron chi connectivity index (χ3n) is 3.14. The SMILES string of the molecule is Cc1nnc(NC(=O)c2cccc3c2CNCC3)s1. The number of benzene rings is 1. The van der Waals surface area contributed by atoms with E-state index in [9.17, 15) is 4.79 Å². The third-order valence-corrected chi connectivity index (χ3v) is 3.89. The van der Waals surface area contributed by atoms with E-state index in [1.807, 2.05) is 19.1 Å². The Morgan fingerprint density at radius 3 is 3.11 bits per heavy atom. The zero-order chi connectivity index (χ0) is 13.2. The molecule has 0 unspecified atom stereocenters. The molecule has 0 fully saturated rings. The van der Waals surface area contributed by atoms with Crippen LogP contribution in [-0.2, 0) is 13.0 Å². The van der Waals surface area contributed by atoms with E-state index in [1.165, 1.54) is 16.9 Å². The normalized spacial score (nSPS) is 13.9. The van der Waals surface area contributed by atoms with Gasteiger partial charge in [0.25, 0.3) is 5.91 Å². The maximum Gasteiger partial charge on any atom is 0.257 e. The molecule has 5 nitrogen and oxygen atoms in total. The molecule has 98 valence electrons. The van der Waals surface area contributed by atoms with Crippen LogP contribution in [0.25, 0.3) is 0 Å². The number of anilines is 1. The molecule has 1 aliphatic rings. The molecule has 2 heterocycles. The Kier molecular flexibility index (Phi) is 3.27. The monoisotopic (exact) mass is 274 g/mol. The summed E-state index contributed by atoms with van der Waals surface area (Å²) in [6.07, 6.45) is 0.967. The summed E-state index contributed by atoms with van der Waals surface area (Å²) in [5, 5.41) is 15.3. The van der Waals surface area contributed by atoms with E-state index in [-0.39, 0.29) is 5.91 Å². The average molecular weight is 274 g/mol. The molecule has 6 heteroatoms. The largest absolute Gasteiger partial charge is 0.312 e. The van der Waals surface area contributed by atoms with Crippen molar-refractivity contribution in [1.82, 2.24) is 15.5 Å². The van der Waals surface area contributed by atoms with Gasteiger partial charge in [-0.1, -0.05) is 23.5 Å². The molecule has 3 rings (SSSR count). The first kappa shape index (κ1) is 12.3. The van der Waals surface area contributed by atoms with Gasteiger partial charge in [-0.25, -0.2) is 0 Å². The molecule has 0 bridgehead atoms. The van der Waals surface area contributed by atoms with Gasteiger partial charge < -0.3 is 5.32 Å². The fourth-order valence-electron chi connectivity index (χ4n) is 2.24. The van der Waals surface area contributed by atoms with Gasteiger partial charge in [-0.15, -0.1) is 10.2 Å². The van der Waals surface area contributed by atoms with Gasteiger partial charge in [0, 0.05) is 12.1 Å². The van der Waals surface area contributed by atoms with Crippen LogP contribution in [0, 0.1) is 6.92 Å². The van der Waals surface area contributed by atoms with E-state index in [0.717, 1.165) is 35.6 Å². The number of fused-ring (bicyclic) bond motifs is 1. The summed E-state index contributed by atoms with van der Waals surface area (Å²) >= 11 is 1.38. The van der Waals surface area contributed by atoms with Crippen LogP contribution >= 0.6 is 11.3 Å². The molecule has 1 amide bonds.